The van der Waals surface area contributed by atoms with Crippen LogP contribution in [-0.4, -0.2) is 29.8 Å². The van der Waals surface area contributed by atoms with Crippen LogP contribution in [-0.2, 0) is 9.59 Å². The zero-order valence-electron chi connectivity index (χ0n) is 9.43. The normalized spacial score (nSPS) is 20.0. The van der Waals surface area contributed by atoms with Gasteiger partial charge in [0, 0.05) is 6.54 Å². The number of nitrogens with one attached hydrogen (secondary N) is 1. The van der Waals surface area contributed by atoms with Gasteiger partial charge in [0.25, 0.3) is 0 Å². The van der Waals surface area contributed by atoms with Gasteiger partial charge in [0.15, 0.2) is 0 Å². The molecule has 0 saturated carbocycles. The van der Waals surface area contributed by atoms with Gasteiger partial charge in [-0.15, -0.1) is 6.58 Å². The summed E-state index contributed by atoms with van der Waals surface area (Å²) in [6, 6.07) is 8.74. The summed E-state index contributed by atoms with van der Waals surface area (Å²) in [5.74, 6) is -0.226. The van der Waals surface area contributed by atoms with E-state index in [4.69, 9.17) is 0 Å². The van der Waals surface area contributed by atoms with Gasteiger partial charge >= 0.3 is 0 Å². The lowest BCUT2D eigenvalue weighted by Crippen LogP contribution is -2.53. The van der Waals surface area contributed by atoms with Crippen molar-refractivity contribution < 1.29 is 9.59 Å². The number of amides is 2. The smallest absolute Gasteiger partial charge is 0.247 e. The molecule has 1 heterocycles. The second kappa shape index (κ2) is 4.82. The number of hydrogen-bond donors (Lipinski definition) is 1. The monoisotopic (exact) mass is 230 g/mol. The largest absolute Gasteiger partial charge is 0.345 e. The Kier molecular flexibility index (Phi) is 3.23. The third-order valence-corrected chi connectivity index (χ3v) is 2.74. The van der Waals surface area contributed by atoms with Crippen LogP contribution in [0.1, 0.15) is 11.6 Å². The lowest BCUT2D eigenvalue weighted by Gasteiger charge is -2.34. The summed E-state index contributed by atoms with van der Waals surface area (Å²) in [5, 5.41) is 2.60. The molecule has 2 amide bonds. The Balaban J connectivity index is 2.35. The first-order valence-electron chi connectivity index (χ1n) is 5.47. The zero-order chi connectivity index (χ0) is 12.3. The van der Waals surface area contributed by atoms with Gasteiger partial charge in [0.1, 0.15) is 6.04 Å². The highest BCUT2D eigenvalue weighted by atomic mass is 16.2. The molecule has 0 bridgehead atoms. The highest BCUT2D eigenvalue weighted by molar-refractivity contribution is 5.95. The van der Waals surface area contributed by atoms with Gasteiger partial charge in [-0.1, -0.05) is 36.4 Å². The molecule has 1 N–H and O–H groups in total. The van der Waals surface area contributed by atoms with Gasteiger partial charge < -0.3 is 10.2 Å². The molecule has 1 saturated heterocycles. The summed E-state index contributed by atoms with van der Waals surface area (Å²) in [6.07, 6.45) is 1.63. The third kappa shape index (κ3) is 2.20. The van der Waals surface area contributed by atoms with Crippen LogP contribution in [0.4, 0.5) is 0 Å². The second-order valence-electron chi connectivity index (χ2n) is 3.87. The summed E-state index contributed by atoms with van der Waals surface area (Å²) in [4.78, 5) is 25.2. The number of nitrogens with zero attached hydrogens (tertiary/aromatic N) is 1. The SMILES string of the molecule is C=CCN1C(=O)CNC(=O)C1c1ccccc1. The Bertz CT molecular complexity index is 442. The average molecular weight is 230 g/mol. The summed E-state index contributed by atoms with van der Waals surface area (Å²) in [6.45, 7) is 4.06. The van der Waals surface area contributed by atoms with Crippen molar-refractivity contribution >= 4 is 11.8 Å². The molecule has 1 atom stereocenters. The Morgan fingerprint density at radius 3 is 2.71 bits per heavy atom. The minimum atomic E-state index is -0.546. The number of carbonyl (C=O) groups excluding carboxylic acids is 2. The number of rotatable bonds is 3. The van der Waals surface area contributed by atoms with Gasteiger partial charge in [-0.3, -0.25) is 9.59 Å². The maximum absolute atomic E-state index is 11.9. The predicted octanol–water partition coefficient (Wildman–Crippen LogP) is 0.872. The quantitative estimate of drug-likeness (QED) is 0.783. The molecular weight excluding hydrogens is 216 g/mol. The van der Waals surface area contributed by atoms with E-state index in [0.717, 1.165) is 5.56 Å². The van der Waals surface area contributed by atoms with Crippen LogP contribution in [0.2, 0.25) is 0 Å². The maximum atomic E-state index is 11.9. The maximum Gasteiger partial charge on any atom is 0.247 e. The summed E-state index contributed by atoms with van der Waals surface area (Å²) >= 11 is 0. The minimum absolute atomic E-state index is 0.0655. The molecule has 1 fully saturated rings. The van der Waals surface area contributed by atoms with E-state index in [9.17, 15) is 9.59 Å². The molecule has 0 aromatic heterocycles. The van der Waals surface area contributed by atoms with Crippen LogP contribution in [0.3, 0.4) is 0 Å². The van der Waals surface area contributed by atoms with Crippen molar-refractivity contribution in [2.24, 2.45) is 0 Å². The Hall–Kier alpha value is -2.10. The summed E-state index contributed by atoms with van der Waals surface area (Å²) < 4.78 is 0. The highest BCUT2D eigenvalue weighted by Gasteiger charge is 2.34. The van der Waals surface area contributed by atoms with Crippen molar-refractivity contribution in [1.29, 1.82) is 0 Å². The van der Waals surface area contributed by atoms with E-state index in [1.165, 1.54) is 0 Å². The van der Waals surface area contributed by atoms with E-state index in [1.54, 1.807) is 11.0 Å². The molecule has 17 heavy (non-hydrogen) atoms. The van der Waals surface area contributed by atoms with Crippen molar-refractivity contribution in [1.82, 2.24) is 10.2 Å². The fourth-order valence-electron chi connectivity index (χ4n) is 1.96. The number of piperazine rings is 1. The average Bonchev–Trinajstić information content (AvgIpc) is 2.35. The lowest BCUT2D eigenvalue weighted by molar-refractivity contribution is -0.145. The van der Waals surface area contributed by atoms with Crippen molar-refractivity contribution in [3.63, 3.8) is 0 Å². The van der Waals surface area contributed by atoms with E-state index in [2.05, 4.69) is 11.9 Å². The predicted molar refractivity (Wildman–Crippen MR) is 64.1 cm³/mol. The molecule has 0 spiro atoms. The van der Waals surface area contributed by atoms with Crippen LogP contribution in [0.5, 0.6) is 0 Å². The molecule has 1 aliphatic rings. The van der Waals surface area contributed by atoms with Gasteiger partial charge in [-0.05, 0) is 5.56 Å². The van der Waals surface area contributed by atoms with Crippen LogP contribution in [0.15, 0.2) is 43.0 Å². The molecule has 1 unspecified atom stereocenters. The Morgan fingerprint density at radius 2 is 2.06 bits per heavy atom. The van der Waals surface area contributed by atoms with Crippen LogP contribution >= 0.6 is 0 Å². The van der Waals surface area contributed by atoms with Crippen LogP contribution in [0.25, 0.3) is 0 Å². The van der Waals surface area contributed by atoms with E-state index >= 15 is 0 Å². The van der Waals surface area contributed by atoms with Crippen LogP contribution < -0.4 is 5.32 Å². The topological polar surface area (TPSA) is 49.4 Å². The first-order chi connectivity index (χ1) is 8.24. The molecule has 1 aromatic carbocycles. The molecule has 1 aromatic rings. The molecule has 88 valence electrons. The van der Waals surface area contributed by atoms with E-state index in [-0.39, 0.29) is 18.4 Å². The van der Waals surface area contributed by atoms with E-state index < -0.39 is 6.04 Å². The number of carbonyl (C=O) groups is 2. The van der Waals surface area contributed by atoms with E-state index in [1.807, 2.05) is 30.3 Å². The van der Waals surface area contributed by atoms with E-state index in [0.29, 0.717) is 6.54 Å². The molecule has 4 heteroatoms. The lowest BCUT2D eigenvalue weighted by atomic mass is 10.0. The van der Waals surface area contributed by atoms with Crippen molar-refractivity contribution in [3.05, 3.63) is 48.6 Å². The fraction of sp³-hybridized carbons (Fsp3) is 0.231. The fourth-order valence-corrected chi connectivity index (χ4v) is 1.96. The van der Waals surface area contributed by atoms with Gasteiger partial charge in [0.2, 0.25) is 11.8 Å². The van der Waals surface area contributed by atoms with Crippen molar-refractivity contribution in [2.45, 2.75) is 6.04 Å². The van der Waals surface area contributed by atoms with Crippen LogP contribution in [0, 0.1) is 0 Å². The van der Waals surface area contributed by atoms with Gasteiger partial charge in [-0.25, -0.2) is 0 Å². The van der Waals surface area contributed by atoms with Gasteiger partial charge in [-0.2, -0.15) is 0 Å². The standard InChI is InChI=1S/C13H14N2O2/c1-2-8-15-11(16)9-14-13(17)12(15)10-6-4-3-5-7-10/h2-7,12H,1,8-9H2,(H,14,17). The number of hydrogen-bond acceptors (Lipinski definition) is 2. The molecule has 1 aliphatic heterocycles. The molecule has 4 nitrogen and oxygen atoms in total. The molecule has 0 aliphatic carbocycles. The highest BCUT2D eigenvalue weighted by Crippen LogP contribution is 2.23. The minimum Gasteiger partial charge on any atom is -0.345 e. The Labute approximate surface area is 99.9 Å². The zero-order valence-corrected chi connectivity index (χ0v) is 9.43. The first-order valence-corrected chi connectivity index (χ1v) is 5.47. The Morgan fingerprint density at radius 1 is 1.35 bits per heavy atom. The summed E-state index contributed by atoms with van der Waals surface area (Å²) in [5.41, 5.74) is 0.819. The number of benzene rings is 1. The molecular formula is C13H14N2O2. The van der Waals surface area contributed by atoms with Crippen molar-refractivity contribution in [3.8, 4) is 0 Å². The third-order valence-electron chi connectivity index (χ3n) is 2.74. The molecule has 2 rings (SSSR count). The first kappa shape index (κ1) is 11.4. The summed E-state index contributed by atoms with van der Waals surface area (Å²) in [7, 11) is 0. The molecule has 0 radical (unpaired) electrons. The van der Waals surface area contributed by atoms with Gasteiger partial charge in [0.05, 0.1) is 6.54 Å². The van der Waals surface area contributed by atoms with Crippen molar-refractivity contribution in [2.75, 3.05) is 13.1 Å². The second-order valence-corrected chi connectivity index (χ2v) is 3.87.